The summed E-state index contributed by atoms with van der Waals surface area (Å²) in [6, 6.07) is 18.8. The lowest BCUT2D eigenvalue weighted by molar-refractivity contribution is 0.0734. The van der Waals surface area contributed by atoms with Gasteiger partial charge in [-0.25, -0.2) is 10.2 Å². The number of nitrogens with zero attached hydrogens (tertiary/aromatic N) is 1. The van der Waals surface area contributed by atoms with Crippen LogP contribution in [0, 0.1) is 0 Å². The number of aromatic hydroxyl groups is 2. The van der Waals surface area contributed by atoms with Crippen LogP contribution in [-0.2, 0) is 0 Å². The first-order chi connectivity index (χ1) is 13.5. The van der Waals surface area contributed by atoms with Crippen LogP contribution in [0.3, 0.4) is 0 Å². The van der Waals surface area contributed by atoms with Crippen LogP contribution >= 0.6 is 0 Å². The minimum atomic E-state index is -0.623. The van der Waals surface area contributed by atoms with Crippen molar-refractivity contribution in [2.24, 2.45) is 5.10 Å². The molecule has 0 aliphatic heterocycles. The van der Waals surface area contributed by atoms with Gasteiger partial charge in [0, 0.05) is 6.07 Å². The number of hydrogen-bond acceptors (Lipinski definition) is 6. The largest absolute Gasteiger partial charge is 0.508 e. The summed E-state index contributed by atoms with van der Waals surface area (Å²) in [7, 11) is 0. The van der Waals surface area contributed by atoms with Crippen molar-refractivity contribution in [3.05, 3.63) is 89.5 Å². The first-order valence-corrected chi connectivity index (χ1v) is 8.25. The molecule has 0 radical (unpaired) electrons. The first kappa shape index (κ1) is 18.7. The average molecular weight is 376 g/mol. The van der Waals surface area contributed by atoms with Gasteiger partial charge in [-0.1, -0.05) is 18.2 Å². The molecule has 0 unspecified atom stereocenters. The van der Waals surface area contributed by atoms with Gasteiger partial charge in [0.05, 0.1) is 17.3 Å². The molecule has 3 aromatic carbocycles. The van der Waals surface area contributed by atoms with Crippen molar-refractivity contribution in [3.63, 3.8) is 0 Å². The minimum absolute atomic E-state index is 0.0156. The monoisotopic (exact) mass is 376 g/mol. The van der Waals surface area contributed by atoms with Gasteiger partial charge in [0.25, 0.3) is 5.91 Å². The zero-order valence-electron chi connectivity index (χ0n) is 14.6. The Balaban J connectivity index is 1.58. The fourth-order valence-electron chi connectivity index (χ4n) is 2.30. The van der Waals surface area contributed by atoms with Gasteiger partial charge in [0.2, 0.25) is 0 Å². The van der Waals surface area contributed by atoms with Crippen molar-refractivity contribution in [1.82, 2.24) is 5.43 Å². The van der Waals surface area contributed by atoms with Crippen LogP contribution in [0.4, 0.5) is 0 Å². The smallest absolute Gasteiger partial charge is 0.343 e. The molecule has 3 rings (SSSR count). The van der Waals surface area contributed by atoms with Crippen molar-refractivity contribution in [1.29, 1.82) is 0 Å². The Kier molecular flexibility index (Phi) is 5.66. The van der Waals surface area contributed by atoms with Crippen LogP contribution in [-0.4, -0.2) is 28.3 Å². The maximum atomic E-state index is 12.0. The van der Waals surface area contributed by atoms with E-state index in [-0.39, 0.29) is 17.1 Å². The lowest BCUT2D eigenvalue weighted by atomic mass is 10.2. The number of nitrogens with one attached hydrogen (secondary N) is 1. The third kappa shape index (κ3) is 4.73. The number of carbonyl (C=O) groups is 2. The Morgan fingerprint density at radius 3 is 2.32 bits per heavy atom. The van der Waals surface area contributed by atoms with E-state index in [9.17, 15) is 19.8 Å². The minimum Gasteiger partial charge on any atom is -0.508 e. The summed E-state index contributed by atoms with van der Waals surface area (Å²) in [6.07, 6.45) is 1.40. The quantitative estimate of drug-likeness (QED) is 0.274. The van der Waals surface area contributed by atoms with Gasteiger partial charge >= 0.3 is 5.97 Å². The zero-order valence-corrected chi connectivity index (χ0v) is 14.6. The van der Waals surface area contributed by atoms with Gasteiger partial charge in [-0.05, 0) is 54.1 Å². The van der Waals surface area contributed by atoms with E-state index in [1.807, 2.05) is 6.07 Å². The van der Waals surface area contributed by atoms with Crippen molar-refractivity contribution in [3.8, 4) is 17.2 Å². The second kappa shape index (κ2) is 8.50. The number of esters is 1. The first-order valence-electron chi connectivity index (χ1n) is 8.25. The average Bonchev–Trinajstić information content (AvgIpc) is 2.70. The fourth-order valence-corrected chi connectivity index (χ4v) is 2.30. The van der Waals surface area contributed by atoms with E-state index in [4.69, 9.17) is 4.74 Å². The lowest BCUT2D eigenvalue weighted by Crippen LogP contribution is -2.17. The molecule has 7 heteroatoms. The van der Waals surface area contributed by atoms with E-state index in [1.54, 1.807) is 48.5 Å². The number of carbonyl (C=O) groups excluding carboxylic acids is 2. The highest BCUT2D eigenvalue weighted by atomic mass is 16.5. The molecule has 140 valence electrons. The second-order valence-corrected chi connectivity index (χ2v) is 5.73. The number of phenols is 2. The maximum absolute atomic E-state index is 12.0. The predicted molar refractivity (Wildman–Crippen MR) is 103 cm³/mol. The summed E-state index contributed by atoms with van der Waals surface area (Å²) in [5.74, 6) is -1.20. The zero-order chi connectivity index (χ0) is 19.9. The van der Waals surface area contributed by atoms with E-state index in [1.165, 1.54) is 18.3 Å². The van der Waals surface area contributed by atoms with Gasteiger partial charge in [-0.3, -0.25) is 4.79 Å². The molecule has 0 aliphatic carbocycles. The number of rotatable bonds is 5. The molecule has 3 N–H and O–H groups in total. The fraction of sp³-hybridized carbons (Fsp3) is 0. The van der Waals surface area contributed by atoms with Gasteiger partial charge in [0.15, 0.2) is 0 Å². The van der Waals surface area contributed by atoms with E-state index < -0.39 is 11.9 Å². The molecule has 0 bridgehead atoms. The number of benzene rings is 3. The van der Waals surface area contributed by atoms with Gasteiger partial charge in [0.1, 0.15) is 17.2 Å². The summed E-state index contributed by atoms with van der Waals surface area (Å²) < 4.78 is 5.28. The predicted octanol–water partition coefficient (Wildman–Crippen LogP) is 3.08. The van der Waals surface area contributed by atoms with E-state index >= 15 is 0 Å². The molecule has 0 saturated heterocycles. The third-order valence-electron chi connectivity index (χ3n) is 3.71. The van der Waals surface area contributed by atoms with Crippen LogP contribution in [0.1, 0.15) is 26.3 Å². The van der Waals surface area contributed by atoms with Crippen LogP contribution in [0.5, 0.6) is 17.2 Å². The van der Waals surface area contributed by atoms with Crippen LogP contribution in [0.25, 0.3) is 0 Å². The van der Waals surface area contributed by atoms with E-state index in [0.717, 1.165) is 6.07 Å². The Labute approximate surface area is 160 Å². The number of ether oxygens (including phenoxy) is 1. The second-order valence-electron chi connectivity index (χ2n) is 5.73. The molecule has 3 aromatic rings. The Morgan fingerprint density at radius 2 is 1.64 bits per heavy atom. The maximum Gasteiger partial charge on any atom is 0.343 e. The summed E-state index contributed by atoms with van der Waals surface area (Å²) in [6.45, 7) is 0. The Morgan fingerprint density at radius 1 is 0.929 bits per heavy atom. The summed E-state index contributed by atoms with van der Waals surface area (Å²) in [5.41, 5.74) is 3.38. The molecule has 0 aromatic heterocycles. The van der Waals surface area contributed by atoms with Crippen LogP contribution in [0.15, 0.2) is 77.9 Å². The molecule has 7 nitrogen and oxygen atoms in total. The van der Waals surface area contributed by atoms with Gasteiger partial charge < -0.3 is 14.9 Å². The van der Waals surface area contributed by atoms with E-state index in [2.05, 4.69) is 10.5 Å². The van der Waals surface area contributed by atoms with Gasteiger partial charge in [-0.2, -0.15) is 5.10 Å². The molecule has 0 aliphatic rings. The SMILES string of the molecule is O=C(Oc1ccc(/C=N\NC(=O)c2ccc(O)cc2O)cc1)c1ccccc1. The molecule has 0 saturated carbocycles. The normalized spacial score (nSPS) is 10.6. The summed E-state index contributed by atoms with van der Waals surface area (Å²) >= 11 is 0. The highest BCUT2D eigenvalue weighted by molar-refractivity contribution is 5.97. The van der Waals surface area contributed by atoms with Crippen molar-refractivity contribution in [2.45, 2.75) is 0 Å². The molecule has 1 amide bonds. The van der Waals surface area contributed by atoms with Crippen molar-refractivity contribution in [2.75, 3.05) is 0 Å². The summed E-state index contributed by atoms with van der Waals surface area (Å²) in [5, 5.41) is 22.7. The van der Waals surface area contributed by atoms with Crippen LogP contribution in [0.2, 0.25) is 0 Å². The topological polar surface area (TPSA) is 108 Å². The Bertz CT molecular complexity index is 1010. The molecule has 0 fully saturated rings. The number of hydrogen-bond donors (Lipinski definition) is 3. The lowest BCUT2D eigenvalue weighted by Gasteiger charge is -2.05. The molecule has 0 atom stereocenters. The standard InChI is InChI=1S/C21H16N2O5/c24-16-8-11-18(19(25)12-16)20(26)23-22-13-14-6-9-17(10-7-14)28-21(27)15-4-2-1-3-5-15/h1-13,24-25H,(H,23,26)/b22-13-. The number of amides is 1. The molecular formula is C21H16N2O5. The molecule has 28 heavy (non-hydrogen) atoms. The molecular weight excluding hydrogens is 360 g/mol. The van der Waals surface area contributed by atoms with Crippen LogP contribution < -0.4 is 10.2 Å². The molecule has 0 heterocycles. The molecule has 0 spiro atoms. The summed E-state index contributed by atoms with van der Waals surface area (Å²) in [4.78, 5) is 24.0. The van der Waals surface area contributed by atoms with Crippen molar-refractivity contribution >= 4 is 18.1 Å². The van der Waals surface area contributed by atoms with E-state index in [0.29, 0.717) is 16.9 Å². The highest BCUT2D eigenvalue weighted by Crippen LogP contribution is 2.22. The third-order valence-corrected chi connectivity index (χ3v) is 3.71. The highest BCUT2D eigenvalue weighted by Gasteiger charge is 2.10. The van der Waals surface area contributed by atoms with Crippen molar-refractivity contribution < 1.29 is 24.5 Å². The number of phenolic OH excluding ortho intramolecular Hbond substituents is 2. The Hall–Kier alpha value is -4.13. The number of hydrazone groups is 1. The van der Waals surface area contributed by atoms with Gasteiger partial charge in [-0.15, -0.1) is 0 Å².